The summed E-state index contributed by atoms with van der Waals surface area (Å²) in [6, 6.07) is 11.1. The third-order valence-electron chi connectivity index (χ3n) is 13.4. The van der Waals surface area contributed by atoms with E-state index in [2.05, 4.69) is 80.6 Å². The third kappa shape index (κ3) is 9.60. The number of nitrogens with zero attached hydrogens (tertiary/aromatic N) is 8. The van der Waals surface area contributed by atoms with E-state index in [1.807, 2.05) is 17.0 Å². The zero-order chi connectivity index (χ0) is 46.3. The lowest BCUT2D eigenvalue weighted by Crippen LogP contribution is -2.57. The van der Waals surface area contributed by atoms with E-state index in [9.17, 15) is 14.2 Å². The number of piperazine rings is 1. The van der Waals surface area contributed by atoms with Gasteiger partial charge in [-0.05, 0) is 90.8 Å². The largest absolute Gasteiger partial charge is 0.494 e. The third-order valence-corrected chi connectivity index (χ3v) is 15.5. The number of benzene rings is 3. The number of methoxy groups -OCH3 is 1. The summed E-state index contributed by atoms with van der Waals surface area (Å²) in [5.74, 6) is -1.58. The molecule has 4 aliphatic heterocycles. The summed E-state index contributed by atoms with van der Waals surface area (Å²) < 4.78 is 50.4. The Morgan fingerprint density at radius 1 is 0.894 bits per heavy atom. The summed E-state index contributed by atoms with van der Waals surface area (Å²) in [5, 5.41) is 9.57. The van der Waals surface area contributed by atoms with Crippen molar-refractivity contribution in [2.45, 2.75) is 51.0 Å². The monoisotopic (exact) mass is 985 g/mol. The Morgan fingerprint density at radius 2 is 1.62 bits per heavy atom. The van der Waals surface area contributed by atoms with Gasteiger partial charge in [0.25, 0.3) is 0 Å². The second kappa shape index (κ2) is 19.1. The molecule has 0 radical (unpaired) electrons. The highest BCUT2D eigenvalue weighted by atomic mass is 79.9. The van der Waals surface area contributed by atoms with Crippen LogP contribution in [0, 0.1) is 17.6 Å². The molecule has 348 valence electrons. The van der Waals surface area contributed by atoms with E-state index in [-0.39, 0.29) is 18.4 Å². The number of piperidine rings is 2. The maximum atomic E-state index is 15.2. The number of fused-ring (bicyclic) bond motifs is 1. The van der Waals surface area contributed by atoms with Gasteiger partial charge in [-0.1, -0.05) is 6.92 Å². The van der Waals surface area contributed by atoms with Crippen molar-refractivity contribution in [1.82, 2.24) is 35.1 Å². The van der Waals surface area contributed by atoms with Crippen LogP contribution >= 0.6 is 23.1 Å². The number of imide groups is 1. The van der Waals surface area contributed by atoms with Crippen LogP contribution < -0.4 is 35.8 Å². The standard InChI is InChI=1S/C47H55BrF2N11O4P/c1-5-29-20-38(55-47-53-24-33(48)45(57-47)54-37-8-7-36-43(52-13-12-51-36)44(37)66(3,4)64)40(65-2)23-39(29)60-14-10-30(11-15-60)59-18-16-58(17-19-59)25-28-26-61(27-28)31-21-34(49)42(35(50)22-31)32-6-9-41(62)56-46(32)63/h7-8,12-13,20-24,28,30,32H,5-6,9-11,14-19,25-27H2,1-4H3,(H,56,62,63)(H2,53,54,55,57). The van der Waals surface area contributed by atoms with Crippen molar-refractivity contribution in [3.8, 4) is 5.75 Å². The number of aromatic nitrogens is 4. The van der Waals surface area contributed by atoms with E-state index in [0.717, 1.165) is 83.9 Å². The van der Waals surface area contributed by atoms with Crippen molar-refractivity contribution < 1.29 is 27.7 Å². The molecule has 4 fully saturated rings. The molecule has 19 heteroatoms. The predicted octanol–water partition coefficient (Wildman–Crippen LogP) is 7.01. The van der Waals surface area contributed by atoms with E-state index < -0.39 is 36.5 Å². The van der Waals surface area contributed by atoms with Crippen molar-refractivity contribution in [1.29, 1.82) is 0 Å². The molecule has 4 saturated heterocycles. The zero-order valence-electron chi connectivity index (χ0n) is 37.6. The minimum absolute atomic E-state index is 0.0649. The highest BCUT2D eigenvalue weighted by Crippen LogP contribution is 2.42. The van der Waals surface area contributed by atoms with Gasteiger partial charge in [0, 0.05) is 119 Å². The van der Waals surface area contributed by atoms with Crippen LogP contribution in [0.15, 0.2) is 59.5 Å². The number of hydrogen-bond acceptors (Lipinski definition) is 14. The molecule has 0 saturated carbocycles. The number of aryl methyl sites for hydroxylation is 1. The molecule has 1 atom stereocenters. The van der Waals surface area contributed by atoms with Gasteiger partial charge < -0.3 is 34.6 Å². The fourth-order valence-corrected chi connectivity index (χ4v) is 11.7. The zero-order valence-corrected chi connectivity index (χ0v) is 40.1. The summed E-state index contributed by atoms with van der Waals surface area (Å²) in [4.78, 5) is 51.7. The maximum absolute atomic E-state index is 15.2. The molecule has 2 amide bonds. The van der Waals surface area contributed by atoms with Gasteiger partial charge in [-0.25, -0.2) is 13.8 Å². The van der Waals surface area contributed by atoms with Gasteiger partial charge in [0.2, 0.25) is 17.8 Å². The van der Waals surface area contributed by atoms with Gasteiger partial charge in [0.1, 0.15) is 35.9 Å². The topological polar surface area (TPSA) is 161 Å². The number of ether oxygens (including phenoxy) is 1. The van der Waals surface area contributed by atoms with Crippen LogP contribution in [0.2, 0.25) is 0 Å². The first kappa shape index (κ1) is 45.8. The van der Waals surface area contributed by atoms with Crippen LogP contribution in [0.1, 0.15) is 49.7 Å². The van der Waals surface area contributed by atoms with Crippen LogP contribution in [0.5, 0.6) is 5.75 Å². The lowest BCUT2D eigenvalue weighted by molar-refractivity contribution is -0.134. The Kier molecular flexibility index (Phi) is 13.3. The van der Waals surface area contributed by atoms with E-state index in [0.29, 0.717) is 61.7 Å². The summed E-state index contributed by atoms with van der Waals surface area (Å²) in [6.45, 7) is 13.9. The van der Waals surface area contributed by atoms with Crippen LogP contribution in [0.3, 0.4) is 0 Å². The molecular formula is C47H55BrF2N11O4P. The van der Waals surface area contributed by atoms with Crippen molar-refractivity contribution >= 4 is 85.7 Å². The highest BCUT2D eigenvalue weighted by molar-refractivity contribution is 9.10. The molecule has 0 aliphatic carbocycles. The summed E-state index contributed by atoms with van der Waals surface area (Å²) in [6.07, 6.45) is 8.03. The fraction of sp³-hybridized carbons (Fsp3) is 0.447. The molecule has 6 heterocycles. The molecule has 1 unspecified atom stereocenters. The molecule has 3 N–H and O–H groups in total. The Balaban J connectivity index is 0.775. The Labute approximate surface area is 391 Å². The first-order valence-electron chi connectivity index (χ1n) is 22.6. The number of anilines is 6. The number of hydrogen-bond donors (Lipinski definition) is 3. The van der Waals surface area contributed by atoms with Gasteiger partial charge in [0.05, 0.1) is 39.7 Å². The minimum atomic E-state index is -2.78. The molecule has 2 aromatic heterocycles. The van der Waals surface area contributed by atoms with Crippen LogP contribution in [-0.2, 0) is 20.6 Å². The van der Waals surface area contributed by atoms with E-state index in [1.54, 1.807) is 39.0 Å². The van der Waals surface area contributed by atoms with Gasteiger partial charge in [0.15, 0.2) is 0 Å². The average molecular weight is 987 g/mol. The first-order chi connectivity index (χ1) is 31.8. The van der Waals surface area contributed by atoms with Gasteiger partial charge in [-0.15, -0.1) is 0 Å². The van der Waals surface area contributed by atoms with Crippen LogP contribution in [0.25, 0.3) is 11.0 Å². The molecular weight excluding hydrogens is 931 g/mol. The smallest absolute Gasteiger partial charge is 0.234 e. The minimum Gasteiger partial charge on any atom is -0.494 e. The Morgan fingerprint density at radius 3 is 2.30 bits per heavy atom. The summed E-state index contributed by atoms with van der Waals surface area (Å²) in [7, 11) is -1.11. The molecule has 66 heavy (non-hydrogen) atoms. The quantitative estimate of drug-likeness (QED) is 0.0817. The lowest BCUT2D eigenvalue weighted by atomic mass is 9.89. The van der Waals surface area contributed by atoms with Crippen LogP contribution in [-0.4, -0.2) is 127 Å². The van der Waals surface area contributed by atoms with Crippen LogP contribution in [0.4, 0.5) is 43.3 Å². The van der Waals surface area contributed by atoms with Gasteiger partial charge in [-0.3, -0.25) is 29.8 Å². The maximum Gasteiger partial charge on any atom is 0.234 e. The van der Waals surface area contributed by atoms with Crippen molar-refractivity contribution in [3.63, 3.8) is 0 Å². The molecule has 3 aromatic carbocycles. The number of carbonyl (C=O) groups is 2. The SMILES string of the molecule is CCc1cc(Nc2ncc(Br)c(Nc3ccc4nccnc4c3P(C)(C)=O)n2)c(OC)cc1N1CCC(N2CCN(CC3CN(c4cc(F)c(C5CCC(=O)NC5=O)c(F)c4)C3)CC2)CC1. The average Bonchev–Trinajstić information content (AvgIpc) is 3.28. The summed E-state index contributed by atoms with van der Waals surface area (Å²) >= 11 is 3.59. The Bertz CT molecular complexity index is 2680. The number of amides is 2. The number of nitrogens with one attached hydrogen (secondary N) is 3. The van der Waals surface area contributed by atoms with Crippen molar-refractivity contribution in [3.05, 3.63) is 82.2 Å². The van der Waals surface area contributed by atoms with E-state index in [4.69, 9.17) is 9.72 Å². The van der Waals surface area contributed by atoms with Gasteiger partial charge in [-0.2, -0.15) is 4.98 Å². The molecule has 9 rings (SSSR count). The second-order valence-corrected chi connectivity index (χ2v) is 22.1. The van der Waals surface area contributed by atoms with E-state index >= 15 is 8.78 Å². The normalized spacial score (nSPS) is 19.2. The molecule has 0 spiro atoms. The second-order valence-electron chi connectivity index (χ2n) is 18.1. The van der Waals surface area contributed by atoms with Gasteiger partial charge >= 0.3 is 0 Å². The molecule has 0 bridgehead atoms. The highest BCUT2D eigenvalue weighted by Gasteiger charge is 2.36. The molecule has 4 aliphatic rings. The van der Waals surface area contributed by atoms with E-state index in [1.165, 1.54) is 23.4 Å². The predicted molar refractivity (Wildman–Crippen MR) is 258 cm³/mol. The number of halogens is 3. The first-order valence-corrected chi connectivity index (χ1v) is 26.0. The Hall–Kier alpha value is -5.29. The molecule has 15 nitrogen and oxygen atoms in total. The number of carbonyl (C=O) groups excluding carboxylic acids is 2. The van der Waals surface area contributed by atoms with Crippen molar-refractivity contribution in [2.24, 2.45) is 5.92 Å². The number of rotatable bonds is 13. The molecule has 5 aromatic rings. The summed E-state index contributed by atoms with van der Waals surface area (Å²) in [5.41, 5.74) is 5.24. The lowest BCUT2D eigenvalue weighted by Gasteiger charge is -2.46. The fourth-order valence-electron chi connectivity index (χ4n) is 9.99. The van der Waals surface area contributed by atoms with Crippen molar-refractivity contribution in [2.75, 3.05) is 99.8 Å².